The van der Waals surface area contributed by atoms with Gasteiger partial charge in [-0.25, -0.2) is 4.79 Å². The molecule has 1 aliphatic heterocycles. The number of rotatable bonds is 6. The fourth-order valence-corrected chi connectivity index (χ4v) is 3.67. The number of carbonyl (C=O) groups excluding carboxylic acids is 1. The predicted molar refractivity (Wildman–Crippen MR) is 105 cm³/mol. The largest absolute Gasteiger partial charge is 0.462 e. The smallest absolute Gasteiger partial charge is 0.338 e. The third-order valence-electron chi connectivity index (χ3n) is 5.39. The zero-order chi connectivity index (χ0) is 18.6. The molecule has 0 spiro atoms. The van der Waals surface area contributed by atoms with E-state index in [1.165, 1.54) is 37.1 Å². The van der Waals surface area contributed by atoms with Crippen molar-refractivity contribution in [3.63, 3.8) is 0 Å². The Bertz CT molecular complexity index is 796. The van der Waals surface area contributed by atoms with Gasteiger partial charge >= 0.3 is 5.97 Å². The molecule has 1 saturated carbocycles. The van der Waals surface area contributed by atoms with Crippen LogP contribution in [0.15, 0.2) is 42.5 Å². The van der Waals surface area contributed by atoms with Crippen LogP contribution in [-0.4, -0.2) is 37.1 Å². The van der Waals surface area contributed by atoms with E-state index in [4.69, 9.17) is 9.47 Å². The number of esters is 1. The van der Waals surface area contributed by atoms with Crippen molar-refractivity contribution in [3.8, 4) is 11.5 Å². The molecule has 0 aromatic heterocycles. The predicted octanol–water partition coefficient (Wildman–Crippen LogP) is 4.47. The lowest BCUT2D eigenvalue weighted by Gasteiger charge is -2.18. The van der Waals surface area contributed by atoms with Gasteiger partial charge in [0.1, 0.15) is 11.5 Å². The van der Waals surface area contributed by atoms with Gasteiger partial charge in [0, 0.05) is 19.6 Å². The highest BCUT2D eigenvalue weighted by Crippen LogP contribution is 2.31. The summed E-state index contributed by atoms with van der Waals surface area (Å²) in [6.45, 7) is 5.76. The zero-order valence-electron chi connectivity index (χ0n) is 15.9. The van der Waals surface area contributed by atoms with E-state index in [0.29, 0.717) is 12.2 Å². The van der Waals surface area contributed by atoms with Crippen molar-refractivity contribution in [1.82, 2.24) is 4.90 Å². The second-order valence-electron chi connectivity index (χ2n) is 7.52. The minimum atomic E-state index is -0.301. The van der Waals surface area contributed by atoms with Crippen molar-refractivity contribution < 1.29 is 14.3 Å². The molecule has 0 unspecified atom stereocenters. The number of hydrogen-bond acceptors (Lipinski definition) is 4. The topological polar surface area (TPSA) is 38.8 Å². The molecule has 2 aliphatic rings. The molecule has 4 heteroatoms. The molecule has 1 aliphatic carbocycles. The summed E-state index contributed by atoms with van der Waals surface area (Å²) >= 11 is 0. The van der Waals surface area contributed by atoms with E-state index < -0.39 is 0 Å². The molecule has 4 rings (SSSR count). The van der Waals surface area contributed by atoms with Crippen LogP contribution in [0.1, 0.15) is 41.3 Å². The quantitative estimate of drug-likeness (QED) is 0.708. The molecule has 2 aromatic rings. The van der Waals surface area contributed by atoms with Crippen molar-refractivity contribution in [2.45, 2.75) is 32.6 Å². The summed E-state index contributed by atoms with van der Waals surface area (Å²) in [6, 6.07) is 13.5. The minimum absolute atomic E-state index is 0.301. The maximum atomic E-state index is 11.7. The van der Waals surface area contributed by atoms with E-state index in [1.807, 2.05) is 12.1 Å². The summed E-state index contributed by atoms with van der Waals surface area (Å²) in [6.07, 6.45) is 5.03. The Labute approximate surface area is 161 Å². The van der Waals surface area contributed by atoms with Crippen LogP contribution in [-0.2, 0) is 17.6 Å². The maximum absolute atomic E-state index is 11.7. The van der Waals surface area contributed by atoms with Crippen LogP contribution in [0.3, 0.4) is 0 Å². The second-order valence-corrected chi connectivity index (χ2v) is 7.52. The summed E-state index contributed by atoms with van der Waals surface area (Å²) in [7, 11) is 0. The first-order valence-electron chi connectivity index (χ1n) is 10.0. The summed E-state index contributed by atoms with van der Waals surface area (Å²) in [5, 5.41) is 0. The van der Waals surface area contributed by atoms with Gasteiger partial charge in [0.15, 0.2) is 0 Å². The van der Waals surface area contributed by atoms with Crippen molar-refractivity contribution in [3.05, 3.63) is 59.2 Å². The van der Waals surface area contributed by atoms with Gasteiger partial charge in [-0.15, -0.1) is 0 Å². The number of benzene rings is 2. The van der Waals surface area contributed by atoms with Crippen molar-refractivity contribution in [1.29, 1.82) is 0 Å². The summed E-state index contributed by atoms with van der Waals surface area (Å²) in [5.74, 6) is 2.23. The number of ether oxygens (including phenoxy) is 2. The normalized spacial score (nSPS) is 17.1. The van der Waals surface area contributed by atoms with Crippen LogP contribution in [0.5, 0.6) is 11.5 Å². The second kappa shape index (κ2) is 8.13. The Morgan fingerprint density at radius 1 is 1.00 bits per heavy atom. The van der Waals surface area contributed by atoms with Gasteiger partial charge < -0.3 is 14.4 Å². The minimum Gasteiger partial charge on any atom is -0.462 e. The molecule has 1 heterocycles. The average Bonchev–Trinajstić information content (AvgIpc) is 3.51. The fourth-order valence-electron chi connectivity index (χ4n) is 3.67. The SMILES string of the molecule is CCOC(=O)c1ccc(Oc2ccc3c(c2)CCN(CC2CC2)CC3)cc1. The highest BCUT2D eigenvalue weighted by Gasteiger charge is 2.25. The number of nitrogens with zero attached hydrogens (tertiary/aromatic N) is 1. The Morgan fingerprint density at radius 3 is 2.41 bits per heavy atom. The van der Waals surface area contributed by atoms with Gasteiger partial charge in [0.2, 0.25) is 0 Å². The lowest BCUT2D eigenvalue weighted by Crippen LogP contribution is -2.28. The van der Waals surface area contributed by atoms with E-state index in [0.717, 1.165) is 36.8 Å². The summed E-state index contributed by atoms with van der Waals surface area (Å²) < 4.78 is 11.0. The summed E-state index contributed by atoms with van der Waals surface area (Å²) in [5.41, 5.74) is 3.38. The summed E-state index contributed by atoms with van der Waals surface area (Å²) in [4.78, 5) is 14.4. The first kappa shape index (κ1) is 18.1. The molecule has 2 aromatic carbocycles. The molecule has 0 bridgehead atoms. The standard InChI is InChI=1S/C23H27NO3/c1-2-26-23(25)19-6-8-21(9-7-19)27-22-10-5-18-11-13-24(16-17-3-4-17)14-12-20(18)15-22/h5-10,15,17H,2-4,11-14,16H2,1H3. The monoisotopic (exact) mass is 365 g/mol. The Kier molecular flexibility index (Phi) is 5.44. The van der Waals surface area contributed by atoms with Gasteiger partial charge in [-0.05, 0) is 86.1 Å². The Balaban J connectivity index is 1.40. The Morgan fingerprint density at radius 2 is 1.70 bits per heavy atom. The molecule has 0 amide bonds. The molecule has 0 saturated heterocycles. The van der Waals surface area contributed by atoms with Crippen LogP contribution >= 0.6 is 0 Å². The van der Waals surface area contributed by atoms with Crippen LogP contribution < -0.4 is 4.74 Å². The van der Waals surface area contributed by atoms with Gasteiger partial charge in [-0.1, -0.05) is 6.07 Å². The van der Waals surface area contributed by atoms with Gasteiger partial charge in [0.25, 0.3) is 0 Å². The third-order valence-corrected chi connectivity index (χ3v) is 5.39. The fraction of sp³-hybridized carbons (Fsp3) is 0.435. The van der Waals surface area contributed by atoms with Crippen LogP contribution in [0.4, 0.5) is 0 Å². The lowest BCUT2D eigenvalue weighted by atomic mass is 10.0. The first-order valence-corrected chi connectivity index (χ1v) is 10.0. The van der Waals surface area contributed by atoms with Gasteiger partial charge in [-0.3, -0.25) is 0 Å². The number of fused-ring (bicyclic) bond motifs is 1. The lowest BCUT2D eigenvalue weighted by molar-refractivity contribution is 0.0526. The van der Waals surface area contributed by atoms with E-state index in [2.05, 4.69) is 23.1 Å². The van der Waals surface area contributed by atoms with Crippen molar-refractivity contribution in [2.75, 3.05) is 26.2 Å². The number of carbonyl (C=O) groups is 1. The maximum Gasteiger partial charge on any atom is 0.338 e. The molecule has 0 N–H and O–H groups in total. The van der Waals surface area contributed by atoms with E-state index >= 15 is 0 Å². The molecule has 4 nitrogen and oxygen atoms in total. The molecule has 27 heavy (non-hydrogen) atoms. The van der Waals surface area contributed by atoms with Gasteiger partial charge in [-0.2, -0.15) is 0 Å². The third kappa shape index (κ3) is 4.69. The highest BCUT2D eigenvalue weighted by atomic mass is 16.5. The van der Waals surface area contributed by atoms with Crippen LogP contribution in [0, 0.1) is 5.92 Å². The zero-order valence-corrected chi connectivity index (χ0v) is 15.9. The first-order chi connectivity index (χ1) is 13.2. The Hall–Kier alpha value is -2.33. The highest BCUT2D eigenvalue weighted by molar-refractivity contribution is 5.89. The molecule has 0 atom stereocenters. The van der Waals surface area contributed by atoms with Crippen LogP contribution in [0.25, 0.3) is 0 Å². The molecular formula is C23H27NO3. The molecule has 142 valence electrons. The van der Waals surface area contributed by atoms with Crippen molar-refractivity contribution in [2.24, 2.45) is 5.92 Å². The molecule has 0 radical (unpaired) electrons. The average molecular weight is 365 g/mol. The number of hydrogen-bond donors (Lipinski definition) is 0. The van der Waals surface area contributed by atoms with E-state index in [9.17, 15) is 4.79 Å². The van der Waals surface area contributed by atoms with E-state index in [1.54, 1.807) is 19.1 Å². The van der Waals surface area contributed by atoms with Gasteiger partial charge in [0.05, 0.1) is 12.2 Å². The van der Waals surface area contributed by atoms with E-state index in [-0.39, 0.29) is 5.97 Å². The molecular weight excluding hydrogens is 338 g/mol. The molecule has 1 fully saturated rings. The van der Waals surface area contributed by atoms with Crippen molar-refractivity contribution >= 4 is 5.97 Å². The van der Waals surface area contributed by atoms with Crippen LogP contribution in [0.2, 0.25) is 0 Å².